The van der Waals surface area contributed by atoms with Gasteiger partial charge in [-0.05, 0) is 19.1 Å². The predicted octanol–water partition coefficient (Wildman–Crippen LogP) is 2.39. The number of amides is 1. The van der Waals surface area contributed by atoms with Gasteiger partial charge in [0.2, 0.25) is 0 Å². The first kappa shape index (κ1) is 15.0. The zero-order chi connectivity index (χ0) is 15.4. The van der Waals surface area contributed by atoms with Gasteiger partial charge < -0.3 is 5.32 Å². The lowest BCUT2D eigenvalue weighted by Crippen LogP contribution is -2.23. The first-order valence-electron chi connectivity index (χ1n) is 6.24. The molecule has 7 nitrogen and oxygen atoms in total. The van der Waals surface area contributed by atoms with Crippen molar-refractivity contribution in [1.29, 1.82) is 0 Å². The summed E-state index contributed by atoms with van der Waals surface area (Å²) >= 11 is 5.71. The standard InChI is InChI=1S/C13H13ClN4O3/c1-2-17-8-9(7-16-17)6-15-13(19)11-4-3-10(14)5-12(11)18(20)21/h3-5,7-8H,2,6H2,1H3,(H,15,19). The highest BCUT2D eigenvalue weighted by Crippen LogP contribution is 2.23. The summed E-state index contributed by atoms with van der Waals surface area (Å²) in [5.74, 6) is -0.525. The van der Waals surface area contributed by atoms with Gasteiger partial charge in [0.05, 0.1) is 11.1 Å². The summed E-state index contributed by atoms with van der Waals surface area (Å²) in [6.07, 6.45) is 3.44. The normalized spacial score (nSPS) is 10.4. The fourth-order valence-electron chi connectivity index (χ4n) is 1.80. The van der Waals surface area contributed by atoms with Crippen molar-refractivity contribution in [2.45, 2.75) is 20.0 Å². The van der Waals surface area contributed by atoms with Crippen molar-refractivity contribution in [2.75, 3.05) is 0 Å². The summed E-state index contributed by atoms with van der Waals surface area (Å²) in [4.78, 5) is 22.4. The minimum atomic E-state index is -0.629. The Kier molecular flexibility index (Phi) is 4.54. The molecule has 0 saturated carbocycles. The van der Waals surface area contributed by atoms with E-state index in [1.165, 1.54) is 12.1 Å². The molecule has 1 N–H and O–H groups in total. The molecule has 1 aromatic heterocycles. The van der Waals surface area contributed by atoms with Crippen LogP contribution in [0.3, 0.4) is 0 Å². The first-order chi connectivity index (χ1) is 10.0. The minimum absolute atomic E-state index is 0.0210. The molecule has 1 aromatic carbocycles. The Morgan fingerprint density at radius 3 is 2.90 bits per heavy atom. The van der Waals surface area contributed by atoms with Gasteiger partial charge in [0.15, 0.2) is 0 Å². The number of benzene rings is 1. The summed E-state index contributed by atoms with van der Waals surface area (Å²) in [6.45, 7) is 2.93. The second-order valence-electron chi connectivity index (χ2n) is 4.31. The van der Waals surface area contributed by atoms with Gasteiger partial charge in [-0.1, -0.05) is 11.6 Å². The maximum absolute atomic E-state index is 12.0. The van der Waals surface area contributed by atoms with Crippen molar-refractivity contribution in [3.8, 4) is 0 Å². The molecule has 0 aliphatic heterocycles. The monoisotopic (exact) mass is 308 g/mol. The average molecular weight is 309 g/mol. The Hall–Kier alpha value is -2.41. The van der Waals surface area contributed by atoms with Crippen LogP contribution in [-0.2, 0) is 13.1 Å². The molecule has 8 heteroatoms. The first-order valence-corrected chi connectivity index (χ1v) is 6.62. The maximum Gasteiger partial charge on any atom is 0.283 e. The van der Waals surface area contributed by atoms with E-state index < -0.39 is 10.8 Å². The number of aromatic nitrogens is 2. The van der Waals surface area contributed by atoms with Crippen LogP contribution < -0.4 is 5.32 Å². The molecular formula is C13H13ClN4O3. The number of carbonyl (C=O) groups excluding carboxylic acids is 1. The molecule has 21 heavy (non-hydrogen) atoms. The molecule has 0 aliphatic carbocycles. The SMILES string of the molecule is CCn1cc(CNC(=O)c2ccc(Cl)cc2[N+](=O)[O-])cn1. The number of aryl methyl sites for hydroxylation is 1. The highest BCUT2D eigenvalue weighted by Gasteiger charge is 2.20. The molecule has 110 valence electrons. The number of rotatable bonds is 5. The minimum Gasteiger partial charge on any atom is -0.348 e. The summed E-state index contributed by atoms with van der Waals surface area (Å²) in [6, 6.07) is 3.94. The Morgan fingerprint density at radius 1 is 1.52 bits per heavy atom. The van der Waals surface area contributed by atoms with Crippen molar-refractivity contribution >= 4 is 23.2 Å². The zero-order valence-corrected chi connectivity index (χ0v) is 12.0. The molecule has 0 radical (unpaired) electrons. The quantitative estimate of drug-likeness (QED) is 0.678. The third kappa shape index (κ3) is 3.57. The predicted molar refractivity (Wildman–Crippen MR) is 77.2 cm³/mol. The van der Waals surface area contributed by atoms with Gasteiger partial charge in [0.1, 0.15) is 5.56 Å². The number of halogens is 1. The van der Waals surface area contributed by atoms with Gasteiger partial charge in [-0.2, -0.15) is 5.10 Å². The van der Waals surface area contributed by atoms with Crippen LogP contribution in [0.4, 0.5) is 5.69 Å². The van der Waals surface area contributed by atoms with Crippen LogP contribution in [0.1, 0.15) is 22.8 Å². The zero-order valence-electron chi connectivity index (χ0n) is 11.2. The van der Waals surface area contributed by atoms with Gasteiger partial charge in [-0.15, -0.1) is 0 Å². The topological polar surface area (TPSA) is 90.1 Å². The highest BCUT2D eigenvalue weighted by atomic mass is 35.5. The average Bonchev–Trinajstić information content (AvgIpc) is 2.92. The largest absolute Gasteiger partial charge is 0.348 e. The van der Waals surface area contributed by atoms with Crippen molar-refractivity contribution in [2.24, 2.45) is 0 Å². The van der Waals surface area contributed by atoms with Gasteiger partial charge >= 0.3 is 0 Å². The lowest BCUT2D eigenvalue weighted by atomic mass is 10.1. The van der Waals surface area contributed by atoms with E-state index >= 15 is 0 Å². The Morgan fingerprint density at radius 2 is 2.29 bits per heavy atom. The van der Waals surface area contributed by atoms with Gasteiger partial charge in [0.25, 0.3) is 11.6 Å². The number of nitrogens with one attached hydrogen (secondary N) is 1. The number of nitro groups is 1. The second-order valence-corrected chi connectivity index (χ2v) is 4.74. The number of hydrogen-bond acceptors (Lipinski definition) is 4. The Balaban J connectivity index is 2.11. The number of nitrogens with zero attached hydrogens (tertiary/aromatic N) is 3. The third-order valence-electron chi connectivity index (χ3n) is 2.86. The number of carbonyl (C=O) groups is 1. The van der Waals surface area contributed by atoms with Crippen LogP contribution in [0.2, 0.25) is 5.02 Å². The van der Waals surface area contributed by atoms with Crippen LogP contribution in [0.5, 0.6) is 0 Å². The van der Waals surface area contributed by atoms with Crippen molar-refractivity contribution in [1.82, 2.24) is 15.1 Å². The molecule has 1 amide bonds. The fourth-order valence-corrected chi connectivity index (χ4v) is 1.96. The molecule has 2 rings (SSSR count). The van der Waals surface area contributed by atoms with Crippen molar-refractivity contribution in [3.63, 3.8) is 0 Å². The van der Waals surface area contributed by atoms with Crippen LogP contribution in [-0.4, -0.2) is 20.6 Å². The molecule has 0 aliphatic rings. The molecule has 0 fully saturated rings. The molecule has 0 bridgehead atoms. The molecule has 2 aromatic rings. The van der Waals surface area contributed by atoms with E-state index in [1.54, 1.807) is 17.1 Å². The van der Waals surface area contributed by atoms with E-state index in [1.807, 2.05) is 6.92 Å². The van der Waals surface area contributed by atoms with E-state index in [-0.39, 0.29) is 22.8 Å². The molecule has 1 heterocycles. The lowest BCUT2D eigenvalue weighted by Gasteiger charge is -2.05. The third-order valence-corrected chi connectivity index (χ3v) is 3.10. The second kappa shape index (κ2) is 6.36. The lowest BCUT2D eigenvalue weighted by molar-refractivity contribution is -0.385. The van der Waals surface area contributed by atoms with Crippen LogP contribution >= 0.6 is 11.6 Å². The fraction of sp³-hybridized carbons (Fsp3) is 0.231. The van der Waals surface area contributed by atoms with Crippen molar-refractivity contribution < 1.29 is 9.72 Å². The number of hydrogen-bond donors (Lipinski definition) is 1. The summed E-state index contributed by atoms with van der Waals surface area (Å²) in [5, 5.41) is 17.9. The van der Waals surface area contributed by atoms with E-state index in [4.69, 9.17) is 11.6 Å². The van der Waals surface area contributed by atoms with E-state index in [9.17, 15) is 14.9 Å². The van der Waals surface area contributed by atoms with Crippen molar-refractivity contribution in [3.05, 3.63) is 56.9 Å². The Labute approximate surface area is 125 Å². The summed E-state index contributed by atoms with van der Waals surface area (Å²) in [7, 11) is 0. The summed E-state index contributed by atoms with van der Waals surface area (Å²) in [5.41, 5.74) is 0.485. The molecular weight excluding hydrogens is 296 g/mol. The van der Waals surface area contributed by atoms with Crippen LogP contribution in [0.25, 0.3) is 0 Å². The highest BCUT2D eigenvalue weighted by molar-refractivity contribution is 6.31. The van der Waals surface area contributed by atoms with E-state index in [0.29, 0.717) is 0 Å². The van der Waals surface area contributed by atoms with Crippen LogP contribution in [0, 0.1) is 10.1 Å². The van der Waals surface area contributed by atoms with Gasteiger partial charge in [0, 0.05) is 35.9 Å². The Bertz CT molecular complexity index is 684. The smallest absolute Gasteiger partial charge is 0.283 e. The van der Waals surface area contributed by atoms with Gasteiger partial charge in [-0.25, -0.2) is 0 Å². The maximum atomic E-state index is 12.0. The van der Waals surface area contributed by atoms with E-state index in [0.717, 1.165) is 18.2 Å². The molecule has 0 saturated heterocycles. The van der Waals surface area contributed by atoms with Gasteiger partial charge in [-0.3, -0.25) is 19.6 Å². The molecule has 0 atom stereocenters. The molecule has 0 unspecified atom stereocenters. The number of nitro benzene ring substituents is 1. The summed E-state index contributed by atoms with van der Waals surface area (Å²) < 4.78 is 1.73. The van der Waals surface area contributed by atoms with E-state index in [2.05, 4.69) is 10.4 Å². The molecule has 0 spiro atoms. The van der Waals surface area contributed by atoms with Crippen LogP contribution in [0.15, 0.2) is 30.6 Å².